The molecule has 0 radical (unpaired) electrons. The molecule has 1 aromatic heterocycles. The second kappa shape index (κ2) is 9.45. The van der Waals surface area contributed by atoms with Crippen molar-refractivity contribution < 1.29 is 42.0 Å². The molecule has 6 unspecified atom stereocenters. The zero-order valence-corrected chi connectivity index (χ0v) is 17.9. The minimum Gasteiger partial charge on any atom is -0.394 e. The molecule has 0 spiro atoms. The Labute approximate surface area is 189 Å². The molecule has 1 aliphatic heterocycles. The van der Waals surface area contributed by atoms with Crippen LogP contribution in [0.15, 0.2) is 18.3 Å². The molecule has 6 atom stereocenters. The minimum atomic E-state index is -2.81. The van der Waals surface area contributed by atoms with Crippen LogP contribution in [0.3, 0.4) is 0 Å². The first-order chi connectivity index (χ1) is 15.6. The summed E-state index contributed by atoms with van der Waals surface area (Å²) in [6.07, 6.45) is -2.60. The van der Waals surface area contributed by atoms with E-state index >= 15 is 0 Å². The number of hydrogen-bond acceptors (Lipinski definition) is 7. The van der Waals surface area contributed by atoms with E-state index in [4.69, 9.17) is 4.74 Å². The van der Waals surface area contributed by atoms with Crippen LogP contribution < -0.4 is 0 Å². The summed E-state index contributed by atoms with van der Waals surface area (Å²) in [7, 11) is 0. The number of alkyl halides is 2. The molecule has 182 valence electrons. The van der Waals surface area contributed by atoms with Crippen LogP contribution in [0.25, 0.3) is 11.3 Å². The molecule has 2 heterocycles. The van der Waals surface area contributed by atoms with Gasteiger partial charge in [0.05, 0.1) is 12.8 Å². The number of nitrogens with zero attached hydrogens (tertiary/aromatic N) is 3. The number of aliphatic hydroxyl groups excluding tert-OH is 3. The fraction of sp³-hybridized carbons (Fsp3) is 0.600. The first-order valence-corrected chi connectivity index (χ1v) is 11.3. The largest absolute Gasteiger partial charge is 0.394 e. The predicted octanol–water partition coefficient (Wildman–Crippen LogP) is 2.65. The monoisotopic (exact) mass is 495 g/mol. The average Bonchev–Trinajstić information content (AvgIpc) is 3.23. The molecule has 7 nitrogen and oxygen atoms in total. The Hall–Kier alpha value is -1.80. The molecule has 13 heteroatoms. The van der Waals surface area contributed by atoms with Crippen molar-refractivity contribution in [1.82, 2.24) is 15.0 Å². The van der Waals surface area contributed by atoms with Crippen LogP contribution in [0, 0.1) is 17.5 Å². The van der Waals surface area contributed by atoms with E-state index in [9.17, 15) is 37.3 Å². The Morgan fingerprint density at radius 1 is 1.15 bits per heavy atom. The van der Waals surface area contributed by atoms with Gasteiger partial charge in [0.2, 0.25) is 5.92 Å². The van der Waals surface area contributed by atoms with Crippen LogP contribution in [0.5, 0.6) is 0 Å². The van der Waals surface area contributed by atoms with Crippen molar-refractivity contribution in [3.8, 4) is 11.3 Å². The van der Waals surface area contributed by atoms with E-state index in [1.54, 1.807) is 0 Å². The normalized spacial score (nSPS) is 32.1. The Bertz CT molecular complexity index is 973. The highest BCUT2D eigenvalue weighted by Gasteiger charge is 2.48. The number of aliphatic hydroxyl groups is 3. The molecule has 2 aromatic rings. The Kier molecular flexibility index (Phi) is 6.97. The maximum Gasteiger partial charge on any atom is 0.249 e. The molecule has 2 aliphatic rings. The molecule has 1 saturated heterocycles. The highest BCUT2D eigenvalue weighted by atomic mass is 32.2. The Morgan fingerprint density at radius 2 is 1.85 bits per heavy atom. The topological polar surface area (TPSA) is 101 Å². The van der Waals surface area contributed by atoms with Gasteiger partial charge in [-0.05, 0) is 25.0 Å². The van der Waals surface area contributed by atoms with Gasteiger partial charge in [0.15, 0.2) is 17.5 Å². The van der Waals surface area contributed by atoms with Crippen molar-refractivity contribution in [2.75, 3.05) is 6.61 Å². The summed E-state index contributed by atoms with van der Waals surface area (Å²) in [6.45, 7) is -0.613. The highest BCUT2D eigenvalue weighted by Crippen LogP contribution is 2.43. The molecule has 1 aliphatic carbocycles. The lowest BCUT2D eigenvalue weighted by molar-refractivity contribution is -0.178. The van der Waals surface area contributed by atoms with Crippen molar-refractivity contribution in [1.29, 1.82) is 0 Å². The first kappa shape index (κ1) is 24.3. The standard InChI is InChI=1S/C20H22F5N3O4S/c21-11-4-9(5-12(22)15(11)23)13-7-28(27-26-13)16-17(30)14(8-29)32-19(18(16)31)33-10-2-1-3-20(24,25)6-10/h4-5,7,10,14,16-19,29-31H,1-3,6,8H2. The third-order valence-corrected chi connectivity index (χ3v) is 7.31. The van der Waals surface area contributed by atoms with Gasteiger partial charge in [-0.3, -0.25) is 0 Å². The van der Waals surface area contributed by atoms with Gasteiger partial charge in [-0.2, -0.15) is 0 Å². The third kappa shape index (κ3) is 5.02. The zero-order chi connectivity index (χ0) is 23.9. The molecular weight excluding hydrogens is 473 g/mol. The van der Waals surface area contributed by atoms with E-state index in [-0.39, 0.29) is 24.1 Å². The van der Waals surface area contributed by atoms with Crippen LogP contribution in [-0.4, -0.2) is 71.8 Å². The van der Waals surface area contributed by atoms with Crippen molar-refractivity contribution in [3.63, 3.8) is 0 Å². The van der Waals surface area contributed by atoms with E-state index in [1.165, 1.54) is 6.20 Å². The second-order valence-corrected chi connectivity index (χ2v) is 9.65. The van der Waals surface area contributed by atoms with Gasteiger partial charge in [-0.25, -0.2) is 26.6 Å². The summed E-state index contributed by atoms with van der Waals surface area (Å²) >= 11 is 1.00. The van der Waals surface area contributed by atoms with Crippen LogP contribution in [-0.2, 0) is 4.74 Å². The molecule has 4 rings (SSSR count). The molecule has 0 amide bonds. The maximum absolute atomic E-state index is 13.8. The van der Waals surface area contributed by atoms with Gasteiger partial charge >= 0.3 is 0 Å². The predicted molar refractivity (Wildman–Crippen MR) is 107 cm³/mol. The summed E-state index contributed by atoms with van der Waals surface area (Å²) in [5, 5.41) is 38.3. The van der Waals surface area contributed by atoms with Gasteiger partial charge in [0, 0.05) is 23.7 Å². The third-order valence-electron chi connectivity index (χ3n) is 5.87. The van der Waals surface area contributed by atoms with Crippen LogP contribution in [0.1, 0.15) is 31.7 Å². The average molecular weight is 495 g/mol. The molecular formula is C20H22F5N3O4S. The smallest absolute Gasteiger partial charge is 0.249 e. The summed E-state index contributed by atoms with van der Waals surface area (Å²) in [4.78, 5) is 0. The number of aromatic nitrogens is 3. The Balaban J connectivity index is 1.58. The highest BCUT2D eigenvalue weighted by molar-refractivity contribution is 8.00. The van der Waals surface area contributed by atoms with E-state index < -0.39 is 65.0 Å². The number of halogens is 5. The van der Waals surface area contributed by atoms with E-state index in [0.29, 0.717) is 12.8 Å². The van der Waals surface area contributed by atoms with Crippen molar-refractivity contribution in [2.45, 2.75) is 66.6 Å². The van der Waals surface area contributed by atoms with Crippen molar-refractivity contribution >= 4 is 11.8 Å². The molecule has 2 fully saturated rings. The number of benzene rings is 1. The lowest BCUT2D eigenvalue weighted by Crippen LogP contribution is -2.55. The van der Waals surface area contributed by atoms with E-state index in [2.05, 4.69) is 10.3 Å². The summed E-state index contributed by atoms with van der Waals surface area (Å²) in [5.74, 6) is -7.30. The quantitative estimate of drug-likeness (QED) is 0.433. The fourth-order valence-corrected chi connectivity index (χ4v) is 5.73. The van der Waals surface area contributed by atoms with Gasteiger partial charge in [-0.15, -0.1) is 16.9 Å². The van der Waals surface area contributed by atoms with Gasteiger partial charge in [0.25, 0.3) is 0 Å². The number of thioether (sulfide) groups is 1. The van der Waals surface area contributed by atoms with Crippen LogP contribution in [0.2, 0.25) is 0 Å². The van der Waals surface area contributed by atoms with Gasteiger partial charge < -0.3 is 20.1 Å². The SMILES string of the molecule is OCC1OC(SC2CCCC(F)(F)C2)C(O)C(n2cc(-c3cc(F)c(F)c(F)c3)nn2)C1O. The Morgan fingerprint density at radius 3 is 2.48 bits per heavy atom. The molecule has 1 saturated carbocycles. The van der Waals surface area contributed by atoms with Gasteiger partial charge in [0.1, 0.15) is 35.5 Å². The summed E-state index contributed by atoms with van der Waals surface area (Å²) < 4.78 is 74.7. The zero-order valence-electron chi connectivity index (χ0n) is 17.1. The summed E-state index contributed by atoms with van der Waals surface area (Å²) in [6, 6.07) is 0.248. The minimum absolute atomic E-state index is 0.0598. The number of rotatable bonds is 5. The lowest BCUT2D eigenvalue weighted by Gasteiger charge is -2.43. The van der Waals surface area contributed by atoms with Crippen molar-refractivity contribution in [2.24, 2.45) is 0 Å². The van der Waals surface area contributed by atoms with Crippen LogP contribution in [0.4, 0.5) is 22.0 Å². The molecule has 33 heavy (non-hydrogen) atoms. The molecule has 1 aromatic carbocycles. The molecule has 3 N–H and O–H groups in total. The van der Waals surface area contributed by atoms with E-state index in [1.807, 2.05) is 0 Å². The van der Waals surface area contributed by atoms with E-state index in [0.717, 1.165) is 28.6 Å². The first-order valence-electron chi connectivity index (χ1n) is 10.3. The fourth-order valence-electron chi connectivity index (χ4n) is 4.18. The maximum atomic E-state index is 13.8. The summed E-state index contributed by atoms with van der Waals surface area (Å²) in [5.41, 5.74) is -1.24. The second-order valence-electron chi connectivity index (χ2n) is 8.25. The number of hydrogen-bond donors (Lipinski definition) is 3. The lowest BCUT2D eigenvalue weighted by atomic mass is 9.96. The molecule has 0 bridgehead atoms. The number of ether oxygens (including phenoxy) is 1. The van der Waals surface area contributed by atoms with Gasteiger partial charge in [-0.1, -0.05) is 5.21 Å². The van der Waals surface area contributed by atoms with Crippen LogP contribution >= 0.6 is 11.8 Å². The van der Waals surface area contributed by atoms with Crippen molar-refractivity contribution in [3.05, 3.63) is 35.8 Å².